The smallest absolute Gasteiger partial charge is 0.145 e. The van der Waals surface area contributed by atoms with Crippen LogP contribution in [0.5, 0.6) is 0 Å². The lowest BCUT2D eigenvalue weighted by Crippen LogP contribution is -2.16. The van der Waals surface area contributed by atoms with E-state index >= 15 is 0 Å². The van der Waals surface area contributed by atoms with E-state index in [0.29, 0.717) is 0 Å². The van der Waals surface area contributed by atoms with E-state index < -0.39 is 17.7 Å². The molecule has 1 atom stereocenters. The summed E-state index contributed by atoms with van der Waals surface area (Å²) in [6, 6.07) is 7.66. The second-order valence-electron chi connectivity index (χ2n) is 5.12. The van der Waals surface area contributed by atoms with Gasteiger partial charge in [0.1, 0.15) is 11.6 Å². The minimum atomic E-state index is -0.793. The molecule has 1 nitrogen and oxygen atoms in total. The van der Waals surface area contributed by atoms with E-state index in [-0.39, 0.29) is 10.0 Å². The Labute approximate surface area is 124 Å². The van der Waals surface area contributed by atoms with Crippen LogP contribution in [-0.2, 0) is 12.8 Å². The van der Waals surface area contributed by atoms with Crippen molar-refractivity contribution in [3.8, 4) is 0 Å². The highest BCUT2D eigenvalue weighted by atomic mass is 79.9. The van der Waals surface area contributed by atoms with E-state index in [4.69, 9.17) is 5.73 Å². The van der Waals surface area contributed by atoms with Gasteiger partial charge in [-0.05, 0) is 64.0 Å². The van der Waals surface area contributed by atoms with Gasteiger partial charge in [0.05, 0.1) is 10.5 Å². The van der Waals surface area contributed by atoms with Gasteiger partial charge < -0.3 is 5.73 Å². The molecule has 2 aromatic rings. The topological polar surface area (TPSA) is 26.0 Å². The maximum absolute atomic E-state index is 14.1. The van der Waals surface area contributed by atoms with E-state index in [0.717, 1.165) is 24.8 Å². The molecule has 0 heterocycles. The molecule has 2 aromatic carbocycles. The number of rotatable bonds is 2. The molecule has 0 saturated heterocycles. The summed E-state index contributed by atoms with van der Waals surface area (Å²) in [6.45, 7) is 0. The first kappa shape index (κ1) is 13.7. The Kier molecular flexibility index (Phi) is 3.61. The Morgan fingerprint density at radius 3 is 2.60 bits per heavy atom. The molecular weight excluding hydrogens is 324 g/mol. The average Bonchev–Trinajstić information content (AvgIpc) is 2.90. The Morgan fingerprint density at radius 1 is 1.05 bits per heavy atom. The van der Waals surface area contributed by atoms with Crippen LogP contribution >= 0.6 is 15.9 Å². The predicted octanol–water partition coefficient (Wildman–Crippen LogP) is 4.26. The highest BCUT2D eigenvalue weighted by molar-refractivity contribution is 9.10. The molecule has 104 valence electrons. The fraction of sp³-hybridized carbons (Fsp3) is 0.250. The van der Waals surface area contributed by atoms with Gasteiger partial charge >= 0.3 is 0 Å². The third-order valence-corrected chi connectivity index (χ3v) is 4.48. The summed E-state index contributed by atoms with van der Waals surface area (Å²) < 4.78 is 28.2. The Balaban J connectivity index is 2.05. The number of nitrogens with two attached hydrogens (primary N) is 1. The van der Waals surface area contributed by atoms with E-state index in [2.05, 4.69) is 15.9 Å². The maximum atomic E-state index is 14.1. The van der Waals surface area contributed by atoms with Crippen LogP contribution in [0.1, 0.15) is 34.7 Å². The lowest BCUT2D eigenvalue weighted by Gasteiger charge is -2.16. The van der Waals surface area contributed by atoms with Crippen molar-refractivity contribution in [2.24, 2.45) is 5.73 Å². The molecule has 0 spiro atoms. The van der Waals surface area contributed by atoms with Crippen LogP contribution < -0.4 is 5.73 Å². The number of hydrogen-bond acceptors (Lipinski definition) is 1. The summed E-state index contributed by atoms with van der Waals surface area (Å²) in [4.78, 5) is 0. The Bertz CT molecular complexity index is 670. The lowest BCUT2D eigenvalue weighted by molar-refractivity contribution is 0.539. The molecule has 0 aromatic heterocycles. The molecule has 0 amide bonds. The summed E-state index contributed by atoms with van der Waals surface area (Å²) in [5, 5.41) is 0. The highest BCUT2D eigenvalue weighted by Crippen LogP contribution is 2.31. The molecule has 1 unspecified atom stereocenters. The monoisotopic (exact) mass is 337 g/mol. The van der Waals surface area contributed by atoms with Crippen molar-refractivity contribution in [3.63, 3.8) is 0 Å². The fourth-order valence-corrected chi connectivity index (χ4v) is 3.13. The molecule has 1 aliphatic carbocycles. The summed E-state index contributed by atoms with van der Waals surface area (Å²) in [5.74, 6) is -1.24. The minimum absolute atomic E-state index is 0.0858. The standard InChI is InChI=1S/C16H14BrF2N/c17-12-6-7-13(18)14(15(12)19)16(20)11-5-4-9-2-1-3-10(9)8-11/h4-8,16H,1-3,20H2. The molecule has 4 heteroatoms. The van der Waals surface area contributed by atoms with Gasteiger partial charge in [0.2, 0.25) is 0 Å². The zero-order valence-corrected chi connectivity index (χ0v) is 12.4. The number of benzene rings is 2. The largest absolute Gasteiger partial charge is 0.320 e. The van der Waals surface area contributed by atoms with Crippen LogP contribution in [0, 0.1) is 11.6 Å². The molecule has 1 aliphatic rings. The van der Waals surface area contributed by atoms with Crippen molar-refractivity contribution in [1.29, 1.82) is 0 Å². The van der Waals surface area contributed by atoms with E-state index in [1.165, 1.54) is 23.3 Å². The molecule has 3 rings (SSSR count). The number of hydrogen-bond donors (Lipinski definition) is 1. The Morgan fingerprint density at radius 2 is 1.80 bits per heavy atom. The Hall–Kier alpha value is -1.26. The molecule has 0 aliphatic heterocycles. The van der Waals surface area contributed by atoms with Crippen LogP contribution in [0.4, 0.5) is 8.78 Å². The molecule has 0 bridgehead atoms. The number of halogens is 3. The van der Waals surface area contributed by atoms with Gasteiger partial charge in [-0.15, -0.1) is 0 Å². The van der Waals surface area contributed by atoms with E-state index in [1.54, 1.807) is 0 Å². The van der Waals surface area contributed by atoms with E-state index in [9.17, 15) is 8.78 Å². The second kappa shape index (κ2) is 5.26. The highest BCUT2D eigenvalue weighted by Gasteiger charge is 2.22. The molecule has 0 fully saturated rings. The minimum Gasteiger partial charge on any atom is -0.320 e. The summed E-state index contributed by atoms with van der Waals surface area (Å²) >= 11 is 3.07. The number of fused-ring (bicyclic) bond motifs is 1. The van der Waals surface area contributed by atoms with Gasteiger partial charge in [-0.3, -0.25) is 0 Å². The first-order valence-corrected chi connectivity index (χ1v) is 7.38. The van der Waals surface area contributed by atoms with Gasteiger partial charge in [0, 0.05) is 5.56 Å². The third-order valence-electron chi connectivity index (χ3n) is 3.87. The van der Waals surface area contributed by atoms with Crippen molar-refractivity contribution in [3.05, 3.63) is 68.7 Å². The van der Waals surface area contributed by atoms with Crippen molar-refractivity contribution in [2.75, 3.05) is 0 Å². The molecule has 2 N–H and O–H groups in total. The average molecular weight is 338 g/mol. The van der Waals surface area contributed by atoms with E-state index in [1.807, 2.05) is 18.2 Å². The first-order chi connectivity index (χ1) is 9.58. The van der Waals surface area contributed by atoms with Gasteiger partial charge in [-0.2, -0.15) is 0 Å². The van der Waals surface area contributed by atoms with Crippen molar-refractivity contribution >= 4 is 15.9 Å². The third kappa shape index (κ3) is 2.27. The van der Waals surface area contributed by atoms with Gasteiger partial charge in [-0.25, -0.2) is 8.78 Å². The quantitative estimate of drug-likeness (QED) is 0.814. The predicted molar refractivity (Wildman–Crippen MR) is 78.6 cm³/mol. The zero-order valence-electron chi connectivity index (χ0n) is 10.8. The summed E-state index contributed by atoms with van der Waals surface area (Å²) in [5.41, 5.74) is 9.31. The summed E-state index contributed by atoms with van der Waals surface area (Å²) in [6.07, 6.45) is 3.22. The first-order valence-electron chi connectivity index (χ1n) is 6.58. The molecular formula is C16H14BrF2N. The maximum Gasteiger partial charge on any atom is 0.145 e. The van der Waals surface area contributed by atoms with Crippen LogP contribution in [0.3, 0.4) is 0 Å². The van der Waals surface area contributed by atoms with Gasteiger partial charge in [0.25, 0.3) is 0 Å². The zero-order chi connectivity index (χ0) is 14.3. The SMILES string of the molecule is NC(c1ccc2c(c1)CCC2)c1c(F)ccc(Br)c1F. The van der Waals surface area contributed by atoms with Crippen LogP contribution in [0.25, 0.3) is 0 Å². The lowest BCUT2D eigenvalue weighted by atomic mass is 9.95. The molecule has 0 radical (unpaired) electrons. The van der Waals surface area contributed by atoms with Crippen molar-refractivity contribution in [1.82, 2.24) is 0 Å². The van der Waals surface area contributed by atoms with Crippen LogP contribution in [0.2, 0.25) is 0 Å². The van der Waals surface area contributed by atoms with Crippen LogP contribution in [0.15, 0.2) is 34.8 Å². The fourth-order valence-electron chi connectivity index (χ4n) is 2.78. The second-order valence-corrected chi connectivity index (χ2v) is 5.97. The van der Waals surface area contributed by atoms with Gasteiger partial charge in [0.15, 0.2) is 0 Å². The van der Waals surface area contributed by atoms with Crippen LogP contribution in [-0.4, -0.2) is 0 Å². The molecule has 0 saturated carbocycles. The summed E-state index contributed by atoms with van der Waals surface area (Å²) in [7, 11) is 0. The molecule has 20 heavy (non-hydrogen) atoms. The normalized spacial score (nSPS) is 15.2. The van der Waals surface area contributed by atoms with Crippen molar-refractivity contribution in [2.45, 2.75) is 25.3 Å². The van der Waals surface area contributed by atoms with Gasteiger partial charge in [-0.1, -0.05) is 18.2 Å². The number of aryl methyl sites for hydroxylation is 2. The van der Waals surface area contributed by atoms with Crippen molar-refractivity contribution < 1.29 is 8.78 Å².